The molecule has 1 aromatic heterocycles. The molecule has 1 N–H and O–H groups in total. The highest BCUT2D eigenvalue weighted by Gasteiger charge is 2.16. The van der Waals surface area contributed by atoms with Gasteiger partial charge in [-0.1, -0.05) is 30.3 Å². The van der Waals surface area contributed by atoms with E-state index in [1.165, 1.54) is 5.56 Å². The molecule has 0 bridgehead atoms. The predicted molar refractivity (Wildman–Crippen MR) is 133 cm³/mol. The molecule has 2 aromatic rings. The molecule has 0 amide bonds. The van der Waals surface area contributed by atoms with Crippen LogP contribution < -0.4 is 5.32 Å². The summed E-state index contributed by atoms with van der Waals surface area (Å²) < 4.78 is 5.35. The molecule has 0 saturated heterocycles. The number of hydrogen-bond acceptors (Lipinski definition) is 5. The lowest BCUT2D eigenvalue weighted by molar-refractivity contribution is 0.119. The molecule has 6 nitrogen and oxygen atoms in total. The topological polar surface area (TPSA) is 53.0 Å². The van der Waals surface area contributed by atoms with Crippen molar-refractivity contribution in [1.29, 1.82) is 0 Å². The van der Waals surface area contributed by atoms with Crippen molar-refractivity contribution in [3.05, 3.63) is 52.0 Å². The van der Waals surface area contributed by atoms with Gasteiger partial charge in [0, 0.05) is 39.2 Å². The highest BCUT2D eigenvalue weighted by Crippen LogP contribution is 2.20. The van der Waals surface area contributed by atoms with E-state index in [0.29, 0.717) is 12.6 Å². The van der Waals surface area contributed by atoms with Crippen LogP contribution in [0.1, 0.15) is 29.3 Å². The van der Waals surface area contributed by atoms with Crippen molar-refractivity contribution in [2.75, 3.05) is 41.8 Å². The number of guanidine groups is 1. The van der Waals surface area contributed by atoms with E-state index in [-0.39, 0.29) is 30.1 Å². The Morgan fingerprint density at radius 2 is 1.93 bits per heavy atom. The summed E-state index contributed by atoms with van der Waals surface area (Å²) in [5.74, 6) is 0.870. The van der Waals surface area contributed by atoms with Crippen molar-refractivity contribution >= 4 is 41.3 Å². The first-order chi connectivity index (χ1) is 13.4. The number of thiazole rings is 1. The minimum Gasteiger partial charge on any atom is -0.375 e. The maximum atomic E-state index is 5.35. The molecule has 0 spiro atoms. The number of nitrogens with one attached hydrogen (secondary N) is 1. The van der Waals surface area contributed by atoms with Crippen molar-refractivity contribution in [3.63, 3.8) is 0 Å². The lowest BCUT2D eigenvalue weighted by Crippen LogP contribution is -2.46. The molecule has 1 heterocycles. The van der Waals surface area contributed by atoms with E-state index in [2.05, 4.69) is 74.9 Å². The predicted octanol–water partition coefficient (Wildman–Crippen LogP) is 3.65. The third-order valence-electron chi connectivity index (χ3n) is 4.78. The summed E-state index contributed by atoms with van der Waals surface area (Å²) in [6, 6.07) is 11.0. The molecule has 162 valence electrons. The average Bonchev–Trinajstić information content (AvgIpc) is 3.16. The Labute approximate surface area is 196 Å². The van der Waals surface area contributed by atoms with Gasteiger partial charge in [-0.15, -0.1) is 35.3 Å². The van der Waals surface area contributed by atoms with E-state index in [1.807, 2.05) is 21.0 Å². The fourth-order valence-electron chi connectivity index (χ4n) is 2.92. The summed E-state index contributed by atoms with van der Waals surface area (Å²) in [5.41, 5.74) is 2.37. The number of benzene rings is 1. The molecule has 29 heavy (non-hydrogen) atoms. The molecule has 0 radical (unpaired) electrons. The number of halogens is 1. The number of methoxy groups -OCH3 is 1. The first kappa shape index (κ1) is 25.8. The lowest BCUT2D eigenvalue weighted by Gasteiger charge is -2.28. The summed E-state index contributed by atoms with van der Waals surface area (Å²) in [5, 5.41) is 6.61. The number of ether oxygens (including phenoxy) is 1. The van der Waals surface area contributed by atoms with Gasteiger partial charge in [0.1, 0.15) is 11.1 Å². The highest BCUT2D eigenvalue weighted by molar-refractivity contribution is 14.0. The quantitative estimate of drug-likeness (QED) is 0.304. The van der Waals surface area contributed by atoms with Crippen LogP contribution in [0.2, 0.25) is 0 Å². The molecular weight excluding hydrogens is 497 g/mol. The Balaban J connectivity index is 0.00000420. The molecule has 1 aromatic carbocycles. The van der Waals surface area contributed by atoms with Crippen LogP contribution >= 0.6 is 35.3 Å². The SMILES string of the molecule is CN=C(NCC(Cc1ccccc1)N(C)C)N(C)Cc1csc(C(C)OC)n1.I. The van der Waals surface area contributed by atoms with Gasteiger partial charge in [0.25, 0.3) is 0 Å². The first-order valence-corrected chi connectivity index (χ1v) is 10.4. The van der Waals surface area contributed by atoms with Crippen LogP contribution in [0, 0.1) is 0 Å². The van der Waals surface area contributed by atoms with Crippen molar-refractivity contribution in [3.8, 4) is 0 Å². The smallest absolute Gasteiger partial charge is 0.193 e. The van der Waals surface area contributed by atoms with Gasteiger partial charge in [0.05, 0.1) is 12.2 Å². The zero-order valence-electron chi connectivity index (χ0n) is 18.3. The van der Waals surface area contributed by atoms with Crippen molar-refractivity contribution < 1.29 is 4.74 Å². The number of aromatic nitrogens is 1. The van der Waals surface area contributed by atoms with Crippen molar-refractivity contribution in [1.82, 2.24) is 20.1 Å². The van der Waals surface area contributed by atoms with Crippen molar-refractivity contribution in [2.45, 2.75) is 32.0 Å². The summed E-state index contributed by atoms with van der Waals surface area (Å²) in [7, 11) is 9.81. The Hall–Kier alpha value is -1.23. The van der Waals surface area contributed by atoms with Gasteiger partial charge in [-0.05, 0) is 33.0 Å². The van der Waals surface area contributed by atoms with Crippen LogP contribution in [-0.4, -0.2) is 68.6 Å². The third-order valence-corrected chi connectivity index (χ3v) is 5.84. The monoisotopic (exact) mass is 531 g/mol. The maximum Gasteiger partial charge on any atom is 0.193 e. The van der Waals surface area contributed by atoms with Crippen LogP contribution in [0.25, 0.3) is 0 Å². The van der Waals surface area contributed by atoms with Crippen molar-refractivity contribution in [2.24, 2.45) is 4.99 Å². The largest absolute Gasteiger partial charge is 0.375 e. The van der Waals surface area contributed by atoms with Crippen LogP contribution in [0.5, 0.6) is 0 Å². The van der Waals surface area contributed by atoms with E-state index >= 15 is 0 Å². The van der Waals surface area contributed by atoms with E-state index in [0.717, 1.165) is 29.6 Å². The van der Waals surface area contributed by atoms with Crippen LogP contribution in [-0.2, 0) is 17.7 Å². The fourth-order valence-corrected chi connectivity index (χ4v) is 3.76. The number of likely N-dealkylation sites (N-methyl/N-ethyl adjacent to an activating group) is 1. The molecule has 8 heteroatoms. The summed E-state index contributed by atoms with van der Waals surface area (Å²) in [6.07, 6.45) is 1.02. The Morgan fingerprint density at radius 3 is 2.52 bits per heavy atom. The minimum atomic E-state index is 0. The number of hydrogen-bond donors (Lipinski definition) is 1. The number of aliphatic imine (C=N–C) groups is 1. The second kappa shape index (κ2) is 13.1. The summed E-state index contributed by atoms with van der Waals surface area (Å²) in [4.78, 5) is 13.5. The molecule has 0 aliphatic heterocycles. The van der Waals surface area contributed by atoms with Gasteiger partial charge < -0.3 is 19.9 Å². The molecule has 0 fully saturated rings. The molecular formula is C21H34IN5OS. The van der Waals surface area contributed by atoms with E-state index in [1.54, 1.807) is 18.4 Å². The molecule has 2 atom stereocenters. The Bertz CT molecular complexity index is 738. The van der Waals surface area contributed by atoms with Crippen LogP contribution in [0.4, 0.5) is 0 Å². The Morgan fingerprint density at radius 1 is 1.24 bits per heavy atom. The van der Waals surface area contributed by atoms with Gasteiger partial charge in [0.2, 0.25) is 0 Å². The lowest BCUT2D eigenvalue weighted by atomic mass is 10.1. The standard InChI is InChI=1S/C21H33N5OS.HI/c1-16(27-6)20-24-18(15-28-20)14-26(5)21(22-2)23-13-19(25(3)4)12-17-10-8-7-9-11-17;/h7-11,15-16,19H,12-14H2,1-6H3,(H,22,23);1H. The van der Waals surface area contributed by atoms with Crippen LogP contribution in [0.15, 0.2) is 40.7 Å². The van der Waals surface area contributed by atoms with E-state index < -0.39 is 0 Å². The number of nitrogens with zero attached hydrogens (tertiary/aromatic N) is 4. The average molecular weight is 532 g/mol. The molecule has 2 rings (SSSR count). The van der Waals surface area contributed by atoms with E-state index in [9.17, 15) is 0 Å². The molecule has 0 aliphatic rings. The van der Waals surface area contributed by atoms with Gasteiger partial charge >= 0.3 is 0 Å². The minimum absolute atomic E-state index is 0. The van der Waals surface area contributed by atoms with E-state index in [4.69, 9.17) is 4.74 Å². The van der Waals surface area contributed by atoms with Gasteiger partial charge in [-0.3, -0.25) is 4.99 Å². The zero-order valence-corrected chi connectivity index (χ0v) is 21.4. The van der Waals surface area contributed by atoms with Gasteiger partial charge in [0.15, 0.2) is 5.96 Å². The van der Waals surface area contributed by atoms with Gasteiger partial charge in [-0.25, -0.2) is 4.98 Å². The summed E-state index contributed by atoms with van der Waals surface area (Å²) >= 11 is 1.64. The Kier molecular flexibility index (Phi) is 11.7. The molecule has 0 saturated carbocycles. The molecule has 2 unspecified atom stereocenters. The highest BCUT2D eigenvalue weighted by atomic mass is 127. The zero-order chi connectivity index (χ0) is 20.5. The normalized spacial score (nSPS) is 13.7. The third kappa shape index (κ3) is 8.19. The number of rotatable bonds is 9. The van der Waals surface area contributed by atoms with Gasteiger partial charge in [-0.2, -0.15) is 0 Å². The second-order valence-electron chi connectivity index (χ2n) is 7.15. The second-order valence-corrected chi connectivity index (χ2v) is 8.04. The fraction of sp³-hybridized carbons (Fsp3) is 0.524. The molecule has 0 aliphatic carbocycles. The first-order valence-electron chi connectivity index (χ1n) is 9.53. The summed E-state index contributed by atoms with van der Waals surface area (Å²) in [6.45, 7) is 3.54. The maximum absolute atomic E-state index is 5.35. The van der Waals surface area contributed by atoms with Crippen LogP contribution in [0.3, 0.4) is 0 Å².